The fraction of sp³-hybridized carbons (Fsp3) is 0.0667. The fourth-order valence-electron chi connectivity index (χ4n) is 1.64. The Morgan fingerprint density at radius 2 is 1.90 bits per heavy atom. The number of carbonyl (C=O) groups is 2. The molecule has 0 fully saturated rings. The molecule has 0 aliphatic carbocycles. The standard InChI is InChI=1S/C15H12O5/c1-19-11-7-13(17)12(9-16)14(8-11)20-15(18)10-5-3-2-4-6-10/h2-9,17H,1H3. The van der Waals surface area contributed by atoms with Crippen LogP contribution in [0.1, 0.15) is 20.7 Å². The zero-order valence-corrected chi connectivity index (χ0v) is 10.7. The Bertz CT molecular complexity index is 634. The molecule has 0 spiro atoms. The Kier molecular flexibility index (Phi) is 4.00. The summed E-state index contributed by atoms with van der Waals surface area (Å²) in [5, 5.41) is 9.68. The van der Waals surface area contributed by atoms with Gasteiger partial charge in [0.05, 0.1) is 18.2 Å². The molecule has 0 radical (unpaired) electrons. The number of ether oxygens (including phenoxy) is 2. The Labute approximate surface area is 115 Å². The van der Waals surface area contributed by atoms with E-state index in [2.05, 4.69) is 0 Å². The van der Waals surface area contributed by atoms with Gasteiger partial charge in [0.15, 0.2) is 6.29 Å². The molecular weight excluding hydrogens is 260 g/mol. The van der Waals surface area contributed by atoms with E-state index in [0.717, 1.165) is 0 Å². The van der Waals surface area contributed by atoms with Gasteiger partial charge in [0.2, 0.25) is 0 Å². The van der Waals surface area contributed by atoms with Crippen LogP contribution in [-0.2, 0) is 0 Å². The zero-order chi connectivity index (χ0) is 14.5. The minimum atomic E-state index is -0.624. The van der Waals surface area contributed by atoms with Crippen LogP contribution in [0.4, 0.5) is 0 Å². The minimum absolute atomic E-state index is 0.0503. The molecule has 102 valence electrons. The number of benzene rings is 2. The van der Waals surface area contributed by atoms with Gasteiger partial charge in [-0.1, -0.05) is 18.2 Å². The summed E-state index contributed by atoms with van der Waals surface area (Å²) in [5.74, 6) is -0.703. The molecule has 0 heterocycles. The maximum Gasteiger partial charge on any atom is 0.343 e. The van der Waals surface area contributed by atoms with Crippen molar-refractivity contribution in [3.63, 3.8) is 0 Å². The molecule has 5 nitrogen and oxygen atoms in total. The molecule has 0 aliphatic rings. The first-order chi connectivity index (χ1) is 9.65. The molecule has 2 rings (SSSR count). The van der Waals surface area contributed by atoms with Gasteiger partial charge < -0.3 is 14.6 Å². The van der Waals surface area contributed by atoms with Gasteiger partial charge in [-0.15, -0.1) is 0 Å². The third-order valence-electron chi connectivity index (χ3n) is 2.66. The predicted molar refractivity (Wildman–Crippen MR) is 71.4 cm³/mol. The number of carbonyl (C=O) groups excluding carboxylic acids is 2. The molecule has 0 saturated heterocycles. The second kappa shape index (κ2) is 5.88. The van der Waals surface area contributed by atoms with Gasteiger partial charge in [-0.2, -0.15) is 0 Å². The summed E-state index contributed by atoms with van der Waals surface area (Å²) in [6.45, 7) is 0. The highest BCUT2D eigenvalue weighted by Gasteiger charge is 2.16. The summed E-state index contributed by atoms with van der Waals surface area (Å²) < 4.78 is 10.1. The summed E-state index contributed by atoms with van der Waals surface area (Å²) in [5.41, 5.74) is 0.238. The maximum atomic E-state index is 11.9. The first-order valence-electron chi connectivity index (χ1n) is 5.79. The lowest BCUT2D eigenvalue weighted by atomic mass is 10.2. The summed E-state index contributed by atoms with van der Waals surface area (Å²) in [6.07, 6.45) is 0.419. The summed E-state index contributed by atoms with van der Waals surface area (Å²) in [4.78, 5) is 22.9. The Balaban J connectivity index is 2.35. The molecule has 1 N–H and O–H groups in total. The number of hydrogen-bond acceptors (Lipinski definition) is 5. The van der Waals surface area contributed by atoms with Gasteiger partial charge in [-0.05, 0) is 12.1 Å². The summed E-state index contributed by atoms with van der Waals surface area (Å²) in [7, 11) is 1.40. The summed E-state index contributed by atoms with van der Waals surface area (Å²) in [6, 6.07) is 11.0. The summed E-state index contributed by atoms with van der Waals surface area (Å²) >= 11 is 0. The van der Waals surface area contributed by atoms with Crippen molar-refractivity contribution in [2.24, 2.45) is 0 Å². The van der Waals surface area contributed by atoms with Crippen molar-refractivity contribution in [2.45, 2.75) is 0 Å². The number of methoxy groups -OCH3 is 1. The van der Waals surface area contributed by atoms with Crippen LogP contribution in [0.25, 0.3) is 0 Å². The van der Waals surface area contributed by atoms with Crippen molar-refractivity contribution < 1.29 is 24.2 Å². The molecule has 5 heteroatoms. The van der Waals surface area contributed by atoms with Crippen molar-refractivity contribution in [1.82, 2.24) is 0 Å². The maximum absolute atomic E-state index is 11.9. The van der Waals surface area contributed by atoms with Gasteiger partial charge in [0.25, 0.3) is 0 Å². The van der Waals surface area contributed by atoms with Gasteiger partial charge >= 0.3 is 5.97 Å². The zero-order valence-electron chi connectivity index (χ0n) is 10.7. The third kappa shape index (κ3) is 2.77. The van der Waals surface area contributed by atoms with Crippen LogP contribution in [0.2, 0.25) is 0 Å². The van der Waals surface area contributed by atoms with E-state index in [1.807, 2.05) is 0 Å². The normalized spacial score (nSPS) is 9.85. The molecule has 2 aromatic carbocycles. The van der Waals surface area contributed by atoms with E-state index in [0.29, 0.717) is 11.8 Å². The van der Waals surface area contributed by atoms with Crippen molar-refractivity contribution in [2.75, 3.05) is 7.11 Å². The highest BCUT2D eigenvalue weighted by molar-refractivity contribution is 5.93. The van der Waals surface area contributed by atoms with Gasteiger partial charge in [0.1, 0.15) is 17.2 Å². The highest BCUT2D eigenvalue weighted by atomic mass is 16.5. The molecule has 0 unspecified atom stereocenters. The van der Waals surface area contributed by atoms with Crippen LogP contribution >= 0.6 is 0 Å². The molecule has 0 bridgehead atoms. The van der Waals surface area contributed by atoms with Crippen LogP contribution in [-0.4, -0.2) is 24.5 Å². The lowest BCUT2D eigenvalue weighted by Gasteiger charge is -2.10. The average Bonchev–Trinajstić information content (AvgIpc) is 2.47. The van der Waals surface area contributed by atoms with Crippen LogP contribution in [0, 0.1) is 0 Å². The molecule has 2 aromatic rings. The second-order valence-corrected chi connectivity index (χ2v) is 3.93. The largest absolute Gasteiger partial charge is 0.507 e. The number of phenols is 1. The van der Waals surface area contributed by atoms with Gasteiger partial charge in [-0.25, -0.2) is 4.79 Å². The number of aldehydes is 1. The van der Waals surface area contributed by atoms with E-state index in [9.17, 15) is 14.7 Å². The Hall–Kier alpha value is -2.82. The number of esters is 1. The Morgan fingerprint density at radius 3 is 2.50 bits per heavy atom. The quantitative estimate of drug-likeness (QED) is 0.525. The molecule has 0 atom stereocenters. The third-order valence-corrected chi connectivity index (χ3v) is 2.66. The van der Waals surface area contributed by atoms with E-state index in [4.69, 9.17) is 9.47 Å². The van der Waals surface area contributed by atoms with E-state index < -0.39 is 5.97 Å². The second-order valence-electron chi connectivity index (χ2n) is 3.93. The lowest BCUT2D eigenvalue weighted by molar-refractivity contribution is 0.0733. The van der Waals surface area contributed by atoms with E-state index in [1.54, 1.807) is 30.3 Å². The molecule has 0 aromatic heterocycles. The number of rotatable bonds is 4. The lowest BCUT2D eigenvalue weighted by Crippen LogP contribution is -2.09. The Morgan fingerprint density at radius 1 is 1.20 bits per heavy atom. The van der Waals surface area contributed by atoms with Crippen molar-refractivity contribution in [3.05, 3.63) is 53.6 Å². The van der Waals surface area contributed by atoms with E-state index >= 15 is 0 Å². The van der Waals surface area contributed by atoms with Crippen molar-refractivity contribution in [3.8, 4) is 17.2 Å². The minimum Gasteiger partial charge on any atom is -0.507 e. The van der Waals surface area contributed by atoms with Crippen LogP contribution in [0.3, 0.4) is 0 Å². The highest BCUT2D eigenvalue weighted by Crippen LogP contribution is 2.32. The van der Waals surface area contributed by atoms with Gasteiger partial charge in [0, 0.05) is 12.1 Å². The number of hydrogen-bond donors (Lipinski definition) is 1. The first kappa shape index (κ1) is 13.6. The number of phenolic OH excluding ortho intramolecular Hbond substituents is 1. The molecular formula is C15H12O5. The van der Waals surface area contributed by atoms with Crippen LogP contribution in [0.15, 0.2) is 42.5 Å². The SMILES string of the molecule is COc1cc(O)c(C=O)c(OC(=O)c2ccccc2)c1. The van der Waals surface area contributed by atoms with E-state index in [1.165, 1.54) is 19.2 Å². The number of aromatic hydroxyl groups is 1. The molecule has 0 saturated carbocycles. The van der Waals surface area contributed by atoms with Gasteiger partial charge in [-0.3, -0.25) is 4.79 Å². The first-order valence-corrected chi connectivity index (χ1v) is 5.79. The molecule has 20 heavy (non-hydrogen) atoms. The molecule has 0 amide bonds. The topological polar surface area (TPSA) is 72.8 Å². The smallest absolute Gasteiger partial charge is 0.343 e. The predicted octanol–water partition coefficient (Wildman–Crippen LogP) is 2.43. The van der Waals surface area contributed by atoms with Crippen molar-refractivity contribution >= 4 is 12.3 Å². The van der Waals surface area contributed by atoms with Crippen LogP contribution in [0.5, 0.6) is 17.2 Å². The van der Waals surface area contributed by atoms with Crippen molar-refractivity contribution in [1.29, 1.82) is 0 Å². The average molecular weight is 272 g/mol. The fourth-order valence-corrected chi connectivity index (χ4v) is 1.64. The monoisotopic (exact) mass is 272 g/mol. The molecule has 0 aliphatic heterocycles. The van der Waals surface area contributed by atoms with E-state index in [-0.39, 0.29) is 22.8 Å². The van der Waals surface area contributed by atoms with Crippen LogP contribution < -0.4 is 9.47 Å².